The molecule has 21 heavy (non-hydrogen) atoms. The van der Waals surface area contributed by atoms with Crippen LogP contribution in [-0.2, 0) is 18.5 Å². The summed E-state index contributed by atoms with van der Waals surface area (Å²) >= 11 is 0. The zero-order chi connectivity index (χ0) is 15.4. The van der Waals surface area contributed by atoms with Crippen LogP contribution in [0.4, 0.5) is 0 Å². The van der Waals surface area contributed by atoms with E-state index in [2.05, 4.69) is 50.3 Å². The molecule has 0 saturated carbocycles. The van der Waals surface area contributed by atoms with Crippen LogP contribution < -0.4 is 0 Å². The molecule has 0 saturated heterocycles. The highest BCUT2D eigenvalue weighted by atomic mass is 16.5. The van der Waals surface area contributed by atoms with Gasteiger partial charge in [-0.3, -0.25) is 0 Å². The Labute approximate surface area is 126 Å². The molecule has 1 aromatic heterocycles. The first-order valence-corrected chi connectivity index (χ1v) is 7.34. The molecule has 0 bridgehead atoms. The Bertz CT molecular complexity index is 746. The molecule has 0 unspecified atom stereocenters. The molecule has 0 aliphatic carbocycles. The molecule has 0 fully saturated rings. The molecule has 0 amide bonds. The molecule has 3 heteroatoms. The lowest BCUT2D eigenvalue weighted by Crippen LogP contribution is -2.56. The summed E-state index contributed by atoms with van der Waals surface area (Å²) in [7, 11) is 0. The van der Waals surface area contributed by atoms with E-state index in [9.17, 15) is 5.21 Å². The standard InChI is InChI=1S/C18H22N2O/c1-6-11-19-14-10-8-7-9-13(14)16-15(19)12-17(2,3)20(21)18(16,4)5/h1,7-10,21H,11-12H2,2-5H3. The number of aromatic nitrogens is 1. The fraction of sp³-hybridized carbons (Fsp3) is 0.444. The summed E-state index contributed by atoms with van der Waals surface area (Å²) in [4.78, 5) is 0. The molecule has 2 heterocycles. The third-order valence-electron chi connectivity index (χ3n) is 4.64. The molecule has 3 nitrogen and oxygen atoms in total. The maximum absolute atomic E-state index is 10.7. The van der Waals surface area contributed by atoms with Crippen molar-refractivity contribution in [2.75, 3.05) is 0 Å². The van der Waals surface area contributed by atoms with E-state index in [0.29, 0.717) is 6.54 Å². The Balaban J connectivity index is 2.41. The van der Waals surface area contributed by atoms with Crippen LogP contribution in [0.25, 0.3) is 10.9 Å². The van der Waals surface area contributed by atoms with Crippen molar-refractivity contribution in [3.63, 3.8) is 0 Å². The van der Waals surface area contributed by atoms with E-state index in [1.807, 2.05) is 12.1 Å². The van der Waals surface area contributed by atoms with Crippen molar-refractivity contribution >= 4 is 10.9 Å². The summed E-state index contributed by atoms with van der Waals surface area (Å²) in [5, 5.41) is 13.4. The van der Waals surface area contributed by atoms with Crippen molar-refractivity contribution in [2.24, 2.45) is 0 Å². The van der Waals surface area contributed by atoms with Gasteiger partial charge in [-0.1, -0.05) is 24.1 Å². The van der Waals surface area contributed by atoms with Gasteiger partial charge in [0.1, 0.15) is 0 Å². The zero-order valence-corrected chi connectivity index (χ0v) is 13.1. The van der Waals surface area contributed by atoms with Gasteiger partial charge in [-0.25, -0.2) is 0 Å². The van der Waals surface area contributed by atoms with Gasteiger partial charge in [-0.2, -0.15) is 5.06 Å². The largest absolute Gasteiger partial charge is 0.333 e. The Morgan fingerprint density at radius 2 is 1.90 bits per heavy atom. The third kappa shape index (κ3) is 1.83. The molecule has 0 atom stereocenters. The zero-order valence-electron chi connectivity index (χ0n) is 13.1. The van der Waals surface area contributed by atoms with Crippen LogP contribution in [0.1, 0.15) is 39.0 Å². The molecule has 0 spiro atoms. The van der Waals surface area contributed by atoms with Gasteiger partial charge in [0.2, 0.25) is 0 Å². The second-order valence-corrected chi connectivity index (χ2v) is 6.99. The van der Waals surface area contributed by atoms with Crippen LogP contribution >= 0.6 is 0 Å². The van der Waals surface area contributed by atoms with Gasteiger partial charge >= 0.3 is 0 Å². The van der Waals surface area contributed by atoms with Crippen LogP contribution in [0.3, 0.4) is 0 Å². The Kier molecular flexibility index (Phi) is 2.95. The summed E-state index contributed by atoms with van der Waals surface area (Å²) < 4.78 is 2.22. The van der Waals surface area contributed by atoms with Crippen molar-refractivity contribution in [3.05, 3.63) is 35.5 Å². The molecule has 3 rings (SSSR count). The number of hydrogen-bond acceptors (Lipinski definition) is 2. The molecule has 1 aromatic carbocycles. The fourth-order valence-electron chi connectivity index (χ4n) is 3.84. The Morgan fingerprint density at radius 1 is 1.24 bits per heavy atom. The predicted octanol–water partition coefficient (Wildman–Crippen LogP) is 3.54. The van der Waals surface area contributed by atoms with Gasteiger partial charge in [-0.15, -0.1) is 6.42 Å². The maximum atomic E-state index is 10.7. The van der Waals surface area contributed by atoms with Crippen LogP contribution in [0.15, 0.2) is 24.3 Å². The molecular formula is C18H22N2O. The quantitative estimate of drug-likeness (QED) is 0.810. The SMILES string of the molecule is C#CCn1c2c(c3ccccc31)C(C)(C)N(O)C(C)(C)C2. The molecule has 1 aliphatic heterocycles. The topological polar surface area (TPSA) is 28.4 Å². The first-order valence-electron chi connectivity index (χ1n) is 7.34. The molecule has 110 valence electrons. The van der Waals surface area contributed by atoms with Crippen LogP contribution in [0, 0.1) is 12.3 Å². The number of terminal acetylenes is 1. The second kappa shape index (κ2) is 4.37. The average Bonchev–Trinajstić information content (AvgIpc) is 2.72. The number of para-hydroxylation sites is 1. The van der Waals surface area contributed by atoms with Crippen molar-refractivity contribution < 1.29 is 5.21 Å². The normalized spacial score (nSPS) is 20.2. The highest BCUT2D eigenvalue weighted by Gasteiger charge is 2.46. The Hall–Kier alpha value is -1.76. The van der Waals surface area contributed by atoms with Crippen molar-refractivity contribution in [2.45, 2.75) is 51.7 Å². The van der Waals surface area contributed by atoms with E-state index in [4.69, 9.17) is 6.42 Å². The highest BCUT2D eigenvalue weighted by Crippen LogP contribution is 2.45. The minimum Gasteiger partial charge on any atom is -0.333 e. The van der Waals surface area contributed by atoms with Crippen molar-refractivity contribution in [1.82, 2.24) is 9.63 Å². The molecule has 2 aromatic rings. The van der Waals surface area contributed by atoms with E-state index in [0.717, 1.165) is 11.9 Å². The van der Waals surface area contributed by atoms with Crippen molar-refractivity contribution in [3.8, 4) is 12.3 Å². The summed E-state index contributed by atoms with van der Waals surface area (Å²) in [6.45, 7) is 8.83. The summed E-state index contributed by atoms with van der Waals surface area (Å²) in [6, 6.07) is 8.31. The van der Waals surface area contributed by atoms with E-state index in [1.54, 1.807) is 0 Å². The van der Waals surface area contributed by atoms with Gasteiger partial charge < -0.3 is 9.77 Å². The smallest absolute Gasteiger partial charge is 0.0837 e. The van der Waals surface area contributed by atoms with Crippen molar-refractivity contribution in [1.29, 1.82) is 0 Å². The molecular weight excluding hydrogens is 260 g/mol. The summed E-state index contributed by atoms with van der Waals surface area (Å²) in [5.41, 5.74) is 2.82. The van der Waals surface area contributed by atoms with Gasteiger partial charge in [0, 0.05) is 34.1 Å². The van der Waals surface area contributed by atoms with E-state index in [-0.39, 0.29) is 5.54 Å². The van der Waals surface area contributed by atoms with E-state index < -0.39 is 5.54 Å². The first kappa shape index (κ1) is 14.2. The number of benzene rings is 1. The van der Waals surface area contributed by atoms with Gasteiger partial charge in [-0.05, 0) is 33.8 Å². The minimum absolute atomic E-state index is 0.322. The number of hydrogen-bond donors (Lipinski definition) is 1. The number of hydroxylamine groups is 2. The maximum Gasteiger partial charge on any atom is 0.0837 e. The Morgan fingerprint density at radius 3 is 2.57 bits per heavy atom. The molecule has 0 radical (unpaired) electrons. The number of rotatable bonds is 1. The first-order chi connectivity index (χ1) is 9.80. The number of nitrogens with zero attached hydrogens (tertiary/aromatic N) is 2. The van der Waals surface area contributed by atoms with Gasteiger partial charge in [0.25, 0.3) is 0 Å². The second-order valence-electron chi connectivity index (χ2n) is 6.99. The van der Waals surface area contributed by atoms with Crippen LogP contribution in [0.5, 0.6) is 0 Å². The summed E-state index contributed by atoms with van der Waals surface area (Å²) in [5.74, 6) is 2.77. The average molecular weight is 282 g/mol. The monoisotopic (exact) mass is 282 g/mol. The fourth-order valence-corrected chi connectivity index (χ4v) is 3.84. The van der Waals surface area contributed by atoms with Gasteiger partial charge in [0.15, 0.2) is 0 Å². The lowest BCUT2D eigenvalue weighted by molar-refractivity contribution is -0.233. The lowest BCUT2D eigenvalue weighted by Gasteiger charge is -2.48. The molecule has 1 N–H and O–H groups in total. The third-order valence-corrected chi connectivity index (χ3v) is 4.64. The highest BCUT2D eigenvalue weighted by molar-refractivity contribution is 5.87. The van der Waals surface area contributed by atoms with E-state index >= 15 is 0 Å². The van der Waals surface area contributed by atoms with Crippen LogP contribution in [-0.4, -0.2) is 20.4 Å². The van der Waals surface area contributed by atoms with E-state index in [1.165, 1.54) is 21.7 Å². The summed E-state index contributed by atoms with van der Waals surface area (Å²) in [6.07, 6.45) is 6.35. The number of fused-ring (bicyclic) bond motifs is 3. The lowest BCUT2D eigenvalue weighted by atomic mass is 9.79. The minimum atomic E-state index is -0.448. The van der Waals surface area contributed by atoms with Crippen LogP contribution in [0.2, 0.25) is 0 Å². The predicted molar refractivity (Wildman–Crippen MR) is 85.2 cm³/mol. The molecule has 1 aliphatic rings. The van der Waals surface area contributed by atoms with Gasteiger partial charge in [0.05, 0.1) is 12.1 Å².